The third kappa shape index (κ3) is 3.37. The summed E-state index contributed by atoms with van der Waals surface area (Å²) in [5.41, 5.74) is 5.74. The molecular weight excluding hydrogens is 281 g/mol. The van der Waals surface area contributed by atoms with Crippen LogP contribution in [0, 0.1) is 11.6 Å². The first kappa shape index (κ1) is 14.1. The van der Waals surface area contributed by atoms with Gasteiger partial charge in [-0.15, -0.1) is 13.2 Å². The molecule has 0 aliphatic rings. The lowest BCUT2D eigenvalue weighted by atomic mass is 10.0. The van der Waals surface area contributed by atoms with Gasteiger partial charge in [-0.25, -0.2) is 8.78 Å². The summed E-state index contributed by atoms with van der Waals surface area (Å²) in [6, 6.07) is 5.73. The molecule has 0 atom stereocenters. The van der Waals surface area contributed by atoms with Crippen LogP contribution in [-0.4, -0.2) is 6.36 Å². The minimum absolute atomic E-state index is 0.0209. The van der Waals surface area contributed by atoms with Crippen molar-refractivity contribution < 1.29 is 26.7 Å². The summed E-state index contributed by atoms with van der Waals surface area (Å²) in [6.07, 6.45) is -4.86. The van der Waals surface area contributed by atoms with Gasteiger partial charge in [-0.05, 0) is 35.9 Å². The van der Waals surface area contributed by atoms with Crippen molar-refractivity contribution in [1.29, 1.82) is 0 Å². The number of nitrogen functional groups attached to an aromatic ring is 1. The van der Waals surface area contributed by atoms with Crippen LogP contribution in [0.1, 0.15) is 0 Å². The van der Waals surface area contributed by atoms with E-state index in [9.17, 15) is 22.0 Å². The first-order valence-electron chi connectivity index (χ1n) is 5.36. The maximum absolute atomic E-state index is 13.1. The Labute approximate surface area is 110 Å². The molecule has 0 aliphatic carbocycles. The van der Waals surface area contributed by atoms with E-state index in [-0.39, 0.29) is 16.8 Å². The van der Waals surface area contributed by atoms with Crippen LogP contribution in [0.4, 0.5) is 27.6 Å². The summed E-state index contributed by atoms with van der Waals surface area (Å²) in [5, 5.41) is 0. The van der Waals surface area contributed by atoms with E-state index in [1.54, 1.807) is 0 Å². The third-order valence-electron chi connectivity index (χ3n) is 2.43. The Morgan fingerprint density at radius 2 is 1.50 bits per heavy atom. The van der Waals surface area contributed by atoms with Crippen LogP contribution in [0.5, 0.6) is 5.75 Å². The molecule has 0 saturated heterocycles. The van der Waals surface area contributed by atoms with Gasteiger partial charge in [-0.2, -0.15) is 0 Å². The number of ether oxygens (including phenoxy) is 1. The molecule has 2 nitrogen and oxygen atoms in total. The first-order valence-corrected chi connectivity index (χ1v) is 5.36. The van der Waals surface area contributed by atoms with Gasteiger partial charge in [0.25, 0.3) is 0 Å². The lowest BCUT2D eigenvalue weighted by Gasteiger charge is -2.12. The number of anilines is 1. The molecule has 7 heteroatoms. The number of nitrogens with two attached hydrogens (primary N) is 1. The maximum atomic E-state index is 13.1. The van der Waals surface area contributed by atoms with Gasteiger partial charge in [-0.1, -0.05) is 0 Å². The van der Waals surface area contributed by atoms with Gasteiger partial charge in [0, 0.05) is 17.3 Å². The molecule has 2 rings (SSSR count). The fraction of sp³-hybridized carbons (Fsp3) is 0.0769. The van der Waals surface area contributed by atoms with Crippen molar-refractivity contribution in [3.8, 4) is 16.9 Å². The predicted molar refractivity (Wildman–Crippen MR) is 62.9 cm³/mol. The van der Waals surface area contributed by atoms with E-state index in [0.717, 1.165) is 24.3 Å². The summed E-state index contributed by atoms with van der Waals surface area (Å²) in [7, 11) is 0. The Bertz CT molecular complexity index is 619. The maximum Gasteiger partial charge on any atom is 0.573 e. The zero-order chi connectivity index (χ0) is 14.9. The van der Waals surface area contributed by atoms with Gasteiger partial charge in [0.05, 0.1) is 0 Å². The number of alkyl halides is 3. The van der Waals surface area contributed by atoms with E-state index in [4.69, 9.17) is 5.73 Å². The summed E-state index contributed by atoms with van der Waals surface area (Å²) in [4.78, 5) is 0. The van der Waals surface area contributed by atoms with E-state index in [1.165, 1.54) is 6.07 Å². The lowest BCUT2D eigenvalue weighted by Crippen LogP contribution is -2.17. The second-order valence-corrected chi connectivity index (χ2v) is 3.95. The molecule has 106 valence electrons. The molecule has 0 aromatic heterocycles. The highest BCUT2D eigenvalue weighted by Gasteiger charge is 2.31. The van der Waals surface area contributed by atoms with Gasteiger partial charge in [0.2, 0.25) is 0 Å². The molecule has 0 bridgehead atoms. The van der Waals surface area contributed by atoms with E-state index < -0.39 is 23.7 Å². The topological polar surface area (TPSA) is 35.2 Å². The third-order valence-corrected chi connectivity index (χ3v) is 2.43. The van der Waals surface area contributed by atoms with E-state index in [0.29, 0.717) is 6.07 Å². The standard InChI is InChI=1S/C13H8F5NO/c14-8-3-7(4-9(15)5-8)11-6-10(1-2-12(11)19)20-13(16,17)18/h1-6H,19H2. The van der Waals surface area contributed by atoms with Crippen LogP contribution in [0.25, 0.3) is 11.1 Å². The Morgan fingerprint density at radius 1 is 0.900 bits per heavy atom. The highest BCUT2D eigenvalue weighted by Crippen LogP contribution is 2.33. The van der Waals surface area contributed by atoms with Gasteiger partial charge in [-0.3, -0.25) is 0 Å². The van der Waals surface area contributed by atoms with Crippen molar-refractivity contribution >= 4 is 5.69 Å². The Hall–Kier alpha value is -2.31. The minimum atomic E-state index is -4.86. The van der Waals surface area contributed by atoms with Crippen LogP contribution in [0.2, 0.25) is 0 Å². The van der Waals surface area contributed by atoms with Gasteiger partial charge >= 0.3 is 6.36 Å². The van der Waals surface area contributed by atoms with Gasteiger partial charge in [0.1, 0.15) is 17.4 Å². The SMILES string of the molecule is Nc1ccc(OC(F)(F)F)cc1-c1cc(F)cc(F)c1. The van der Waals surface area contributed by atoms with Crippen LogP contribution in [-0.2, 0) is 0 Å². The number of hydrogen-bond donors (Lipinski definition) is 1. The Kier molecular flexibility index (Phi) is 3.52. The van der Waals surface area contributed by atoms with Crippen LogP contribution >= 0.6 is 0 Å². The molecule has 0 fully saturated rings. The highest BCUT2D eigenvalue weighted by molar-refractivity contribution is 5.77. The Morgan fingerprint density at radius 3 is 2.05 bits per heavy atom. The first-order chi connectivity index (χ1) is 9.24. The Balaban J connectivity index is 2.47. The van der Waals surface area contributed by atoms with E-state index >= 15 is 0 Å². The molecule has 2 aromatic rings. The summed E-state index contributed by atoms with van der Waals surface area (Å²) >= 11 is 0. The summed E-state index contributed by atoms with van der Waals surface area (Å²) in [5.74, 6) is -2.24. The molecule has 0 radical (unpaired) electrons. The molecule has 0 amide bonds. The number of hydrogen-bond acceptors (Lipinski definition) is 2. The van der Waals surface area contributed by atoms with Crippen molar-refractivity contribution in [1.82, 2.24) is 0 Å². The molecular formula is C13H8F5NO. The molecule has 0 unspecified atom stereocenters. The van der Waals surface area contributed by atoms with Crippen molar-refractivity contribution in [2.75, 3.05) is 5.73 Å². The van der Waals surface area contributed by atoms with Crippen molar-refractivity contribution in [2.24, 2.45) is 0 Å². The van der Waals surface area contributed by atoms with Crippen molar-refractivity contribution in [3.63, 3.8) is 0 Å². The van der Waals surface area contributed by atoms with Crippen LogP contribution in [0.3, 0.4) is 0 Å². The summed E-state index contributed by atoms with van der Waals surface area (Å²) < 4.78 is 66.4. The largest absolute Gasteiger partial charge is 0.573 e. The molecule has 20 heavy (non-hydrogen) atoms. The molecule has 0 heterocycles. The number of benzene rings is 2. The zero-order valence-electron chi connectivity index (χ0n) is 9.84. The van der Waals surface area contributed by atoms with Crippen LogP contribution in [0.15, 0.2) is 36.4 Å². The second kappa shape index (κ2) is 4.99. The van der Waals surface area contributed by atoms with E-state index in [1.807, 2.05) is 0 Å². The minimum Gasteiger partial charge on any atom is -0.406 e. The van der Waals surface area contributed by atoms with Crippen molar-refractivity contribution in [3.05, 3.63) is 48.0 Å². The van der Waals surface area contributed by atoms with E-state index in [2.05, 4.69) is 4.74 Å². The fourth-order valence-electron chi connectivity index (χ4n) is 1.69. The summed E-state index contributed by atoms with van der Waals surface area (Å²) in [6.45, 7) is 0. The quantitative estimate of drug-likeness (QED) is 0.667. The normalized spacial score (nSPS) is 11.4. The van der Waals surface area contributed by atoms with Crippen molar-refractivity contribution in [2.45, 2.75) is 6.36 Å². The second-order valence-electron chi connectivity index (χ2n) is 3.95. The highest BCUT2D eigenvalue weighted by atomic mass is 19.4. The number of rotatable bonds is 2. The van der Waals surface area contributed by atoms with Gasteiger partial charge in [0.15, 0.2) is 0 Å². The lowest BCUT2D eigenvalue weighted by molar-refractivity contribution is -0.274. The molecule has 2 N–H and O–H groups in total. The predicted octanol–water partition coefficient (Wildman–Crippen LogP) is 4.11. The molecule has 0 spiro atoms. The van der Waals surface area contributed by atoms with Crippen LogP contribution < -0.4 is 10.5 Å². The average molecular weight is 289 g/mol. The zero-order valence-corrected chi connectivity index (χ0v) is 9.84. The smallest absolute Gasteiger partial charge is 0.406 e. The molecule has 2 aromatic carbocycles. The fourth-order valence-corrected chi connectivity index (χ4v) is 1.69. The number of halogens is 5. The van der Waals surface area contributed by atoms with Gasteiger partial charge < -0.3 is 10.5 Å². The molecule has 0 saturated carbocycles. The molecule has 0 aliphatic heterocycles. The monoisotopic (exact) mass is 289 g/mol. The average Bonchev–Trinajstić information content (AvgIpc) is 2.28.